The van der Waals surface area contributed by atoms with Gasteiger partial charge in [-0.2, -0.15) is 0 Å². The smallest absolute Gasteiger partial charge is 0.241 e. The van der Waals surface area contributed by atoms with Crippen LogP contribution in [0.3, 0.4) is 0 Å². The summed E-state index contributed by atoms with van der Waals surface area (Å²) >= 11 is 0. The Hall–Kier alpha value is -1.39. The molecule has 1 saturated heterocycles. The zero-order valence-electron chi connectivity index (χ0n) is 11.6. The Bertz CT molecular complexity index is 407. The summed E-state index contributed by atoms with van der Waals surface area (Å²) < 4.78 is 0. The molecule has 104 valence electrons. The van der Waals surface area contributed by atoms with E-state index in [9.17, 15) is 4.79 Å². The number of likely N-dealkylation sites (tertiary alicyclic amines) is 1. The zero-order chi connectivity index (χ0) is 13.7. The highest BCUT2D eigenvalue weighted by molar-refractivity contribution is 5.94. The molecule has 2 rings (SSSR count). The topological polar surface area (TPSA) is 49.6 Å². The summed E-state index contributed by atoms with van der Waals surface area (Å²) in [6.07, 6.45) is 2.16. The molecule has 1 fully saturated rings. The number of hydrogen-bond acceptors (Lipinski definition) is 3. The molecule has 4 nitrogen and oxygen atoms in total. The second-order valence-corrected chi connectivity index (χ2v) is 5.11. The van der Waals surface area contributed by atoms with E-state index in [1.54, 1.807) is 0 Å². The lowest BCUT2D eigenvalue weighted by molar-refractivity contribution is -0.120. The molecule has 0 bridgehead atoms. The van der Waals surface area contributed by atoms with Crippen LogP contribution in [-0.2, 0) is 4.79 Å². The van der Waals surface area contributed by atoms with Gasteiger partial charge in [0.15, 0.2) is 0 Å². The van der Waals surface area contributed by atoms with E-state index in [0.717, 1.165) is 31.6 Å². The second kappa shape index (κ2) is 6.68. The van der Waals surface area contributed by atoms with E-state index < -0.39 is 0 Å². The van der Waals surface area contributed by atoms with Gasteiger partial charge in [0.25, 0.3) is 0 Å². The van der Waals surface area contributed by atoms with E-state index >= 15 is 0 Å². The highest BCUT2D eigenvalue weighted by Gasteiger charge is 2.21. The normalized spacial score (nSPS) is 20.2. The summed E-state index contributed by atoms with van der Waals surface area (Å²) in [5.74, 6) is 0.155. The molecule has 1 aliphatic rings. The molecule has 0 saturated carbocycles. The van der Waals surface area contributed by atoms with Gasteiger partial charge < -0.3 is 10.6 Å². The van der Waals surface area contributed by atoms with Gasteiger partial charge in [-0.05, 0) is 38.4 Å². The Labute approximate surface area is 115 Å². The van der Waals surface area contributed by atoms with Gasteiger partial charge in [0, 0.05) is 24.8 Å². The number of para-hydroxylation sites is 1. The summed E-state index contributed by atoms with van der Waals surface area (Å²) in [4.78, 5) is 16.4. The molecule has 0 aliphatic carbocycles. The van der Waals surface area contributed by atoms with E-state index in [0.29, 0.717) is 13.1 Å². The molecule has 0 aromatic heterocycles. The van der Waals surface area contributed by atoms with Crippen molar-refractivity contribution in [2.45, 2.75) is 25.8 Å². The maximum Gasteiger partial charge on any atom is 0.241 e. The SMILES string of the molecule is CCN(C(=O)CN1CCCC(N)C1)c1ccccc1. The fourth-order valence-corrected chi connectivity index (χ4v) is 2.62. The number of benzene rings is 1. The number of piperidine rings is 1. The predicted octanol–water partition coefficient (Wildman–Crippen LogP) is 1.46. The van der Waals surface area contributed by atoms with Gasteiger partial charge in [0.2, 0.25) is 5.91 Å². The Morgan fingerprint density at radius 1 is 1.42 bits per heavy atom. The van der Waals surface area contributed by atoms with E-state index in [-0.39, 0.29) is 11.9 Å². The maximum absolute atomic E-state index is 12.4. The molecular formula is C15H23N3O. The van der Waals surface area contributed by atoms with Crippen molar-refractivity contribution in [1.29, 1.82) is 0 Å². The molecule has 1 atom stereocenters. The van der Waals surface area contributed by atoms with Crippen molar-refractivity contribution in [2.24, 2.45) is 5.73 Å². The fraction of sp³-hybridized carbons (Fsp3) is 0.533. The van der Waals surface area contributed by atoms with Gasteiger partial charge in [-0.25, -0.2) is 0 Å². The lowest BCUT2D eigenvalue weighted by atomic mass is 10.1. The first-order valence-electron chi connectivity index (χ1n) is 7.04. The van der Waals surface area contributed by atoms with Crippen LogP contribution < -0.4 is 10.6 Å². The van der Waals surface area contributed by atoms with Crippen molar-refractivity contribution < 1.29 is 4.79 Å². The average molecular weight is 261 g/mol. The molecule has 19 heavy (non-hydrogen) atoms. The summed E-state index contributed by atoms with van der Waals surface area (Å²) in [6.45, 7) is 4.98. The molecule has 1 heterocycles. The Kier molecular flexibility index (Phi) is 4.93. The monoisotopic (exact) mass is 261 g/mol. The summed E-state index contributed by atoms with van der Waals surface area (Å²) in [5.41, 5.74) is 6.92. The number of nitrogens with zero attached hydrogens (tertiary/aromatic N) is 2. The summed E-state index contributed by atoms with van der Waals surface area (Å²) in [5, 5.41) is 0. The van der Waals surface area contributed by atoms with Gasteiger partial charge in [-0.3, -0.25) is 9.69 Å². The average Bonchev–Trinajstić information content (AvgIpc) is 2.41. The number of carbonyl (C=O) groups is 1. The number of hydrogen-bond donors (Lipinski definition) is 1. The van der Waals surface area contributed by atoms with Crippen molar-refractivity contribution in [1.82, 2.24) is 4.90 Å². The fourth-order valence-electron chi connectivity index (χ4n) is 2.62. The second-order valence-electron chi connectivity index (χ2n) is 5.11. The molecule has 2 N–H and O–H groups in total. The predicted molar refractivity (Wildman–Crippen MR) is 78.1 cm³/mol. The van der Waals surface area contributed by atoms with Gasteiger partial charge in [-0.15, -0.1) is 0 Å². The number of rotatable bonds is 4. The van der Waals surface area contributed by atoms with Crippen LogP contribution in [0.1, 0.15) is 19.8 Å². The number of amides is 1. The molecule has 1 aliphatic heterocycles. The van der Waals surface area contributed by atoms with Crippen LogP contribution in [0.4, 0.5) is 5.69 Å². The van der Waals surface area contributed by atoms with Crippen molar-refractivity contribution in [3.63, 3.8) is 0 Å². The van der Waals surface area contributed by atoms with E-state index in [4.69, 9.17) is 5.73 Å². The first-order chi connectivity index (χ1) is 9.20. The third kappa shape index (κ3) is 3.78. The van der Waals surface area contributed by atoms with Crippen LogP contribution in [-0.4, -0.2) is 43.0 Å². The lowest BCUT2D eigenvalue weighted by Crippen LogP contribution is -2.48. The summed E-state index contributed by atoms with van der Waals surface area (Å²) in [6, 6.07) is 10.1. The maximum atomic E-state index is 12.4. The minimum absolute atomic E-state index is 0.155. The number of nitrogens with two attached hydrogens (primary N) is 1. The molecule has 0 radical (unpaired) electrons. The molecule has 1 aromatic carbocycles. The zero-order valence-corrected chi connectivity index (χ0v) is 11.6. The molecule has 0 spiro atoms. The van der Waals surface area contributed by atoms with Crippen molar-refractivity contribution in [3.05, 3.63) is 30.3 Å². The van der Waals surface area contributed by atoms with Crippen LogP contribution in [0, 0.1) is 0 Å². The molecule has 1 aromatic rings. The summed E-state index contributed by atoms with van der Waals surface area (Å²) in [7, 11) is 0. The van der Waals surface area contributed by atoms with Crippen LogP contribution in [0.25, 0.3) is 0 Å². The lowest BCUT2D eigenvalue weighted by Gasteiger charge is -2.32. The van der Waals surface area contributed by atoms with Crippen molar-refractivity contribution in [2.75, 3.05) is 31.1 Å². The Balaban J connectivity index is 1.97. The van der Waals surface area contributed by atoms with Crippen LogP contribution >= 0.6 is 0 Å². The van der Waals surface area contributed by atoms with E-state index in [1.165, 1.54) is 0 Å². The van der Waals surface area contributed by atoms with Crippen molar-refractivity contribution >= 4 is 11.6 Å². The highest BCUT2D eigenvalue weighted by Crippen LogP contribution is 2.14. The van der Waals surface area contributed by atoms with E-state index in [1.807, 2.05) is 42.2 Å². The molecule has 1 unspecified atom stereocenters. The standard InChI is InChI=1S/C15H23N3O/c1-2-18(14-8-4-3-5-9-14)15(19)12-17-10-6-7-13(16)11-17/h3-5,8-9,13H,2,6-7,10-12,16H2,1H3. The van der Waals surface area contributed by atoms with Crippen molar-refractivity contribution in [3.8, 4) is 0 Å². The Morgan fingerprint density at radius 2 is 2.16 bits per heavy atom. The van der Waals surface area contributed by atoms with Gasteiger partial charge in [0.05, 0.1) is 6.54 Å². The first kappa shape index (κ1) is 14.0. The van der Waals surface area contributed by atoms with Gasteiger partial charge >= 0.3 is 0 Å². The minimum atomic E-state index is 0.155. The van der Waals surface area contributed by atoms with Gasteiger partial charge in [0.1, 0.15) is 0 Å². The first-order valence-corrected chi connectivity index (χ1v) is 7.04. The molecular weight excluding hydrogens is 238 g/mol. The van der Waals surface area contributed by atoms with Crippen LogP contribution in [0.5, 0.6) is 0 Å². The Morgan fingerprint density at radius 3 is 2.79 bits per heavy atom. The number of carbonyl (C=O) groups excluding carboxylic acids is 1. The van der Waals surface area contributed by atoms with Crippen LogP contribution in [0.2, 0.25) is 0 Å². The van der Waals surface area contributed by atoms with E-state index in [2.05, 4.69) is 4.90 Å². The quantitative estimate of drug-likeness (QED) is 0.892. The number of anilines is 1. The largest absolute Gasteiger partial charge is 0.327 e. The third-order valence-electron chi connectivity index (χ3n) is 3.59. The minimum Gasteiger partial charge on any atom is -0.327 e. The molecule has 1 amide bonds. The van der Waals surface area contributed by atoms with Crippen LogP contribution in [0.15, 0.2) is 30.3 Å². The number of likely N-dealkylation sites (N-methyl/N-ethyl adjacent to an activating group) is 1. The van der Waals surface area contributed by atoms with Gasteiger partial charge in [-0.1, -0.05) is 18.2 Å². The third-order valence-corrected chi connectivity index (χ3v) is 3.59. The highest BCUT2D eigenvalue weighted by atomic mass is 16.2. The molecule has 4 heteroatoms.